The fraction of sp³-hybridized carbons (Fsp3) is 0.250. The molecule has 204 valence electrons. The molecule has 6 nitrogen and oxygen atoms in total. The van der Waals surface area contributed by atoms with Gasteiger partial charge in [0.2, 0.25) is 0 Å². The summed E-state index contributed by atoms with van der Waals surface area (Å²) in [5, 5.41) is 22.3. The summed E-state index contributed by atoms with van der Waals surface area (Å²) in [5.41, 5.74) is 5.56. The maximum Gasteiger partial charge on any atom is 0.142 e. The Morgan fingerprint density at radius 1 is 1.12 bits per heavy atom. The normalized spacial score (nSPS) is 14.8. The number of hydrogen-bond donors (Lipinski definition) is 2. The fourth-order valence-corrected chi connectivity index (χ4v) is 5.13. The van der Waals surface area contributed by atoms with Gasteiger partial charge in [-0.2, -0.15) is 5.26 Å². The van der Waals surface area contributed by atoms with Crippen molar-refractivity contribution >= 4 is 11.6 Å². The van der Waals surface area contributed by atoms with Crippen molar-refractivity contribution in [1.82, 2.24) is 10.3 Å². The van der Waals surface area contributed by atoms with Gasteiger partial charge in [0.1, 0.15) is 36.1 Å². The molecule has 1 aromatic heterocycles. The first kappa shape index (κ1) is 27.6. The van der Waals surface area contributed by atoms with E-state index < -0.39 is 0 Å². The summed E-state index contributed by atoms with van der Waals surface area (Å²) in [7, 11) is 0. The van der Waals surface area contributed by atoms with E-state index in [1.165, 1.54) is 12.3 Å². The van der Waals surface area contributed by atoms with Crippen LogP contribution in [0.5, 0.6) is 11.5 Å². The van der Waals surface area contributed by atoms with Crippen LogP contribution in [-0.2, 0) is 19.6 Å². The van der Waals surface area contributed by atoms with Gasteiger partial charge in [-0.25, -0.2) is 4.39 Å². The maximum absolute atomic E-state index is 14.6. The number of halogens is 2. The van der Waals surface area contributed by atoms with Crippen LogP contribution in [0, 0.1) is 17.1 Å². The van der Waals surface area contributed by atoms with E-state index in [0.29, 0.717) is 34.2 Å². The number of ether oxygens (including phenoxy) is 2. The van der Waals surface area contributed by atoms with Crippen LogP contribution in [0.3, 0.4) is 0 Å². The van der Waals surface area contributed by atoms with Crippen LogP contribution in [0.2, 0.25) is 5.02 Å². The zero-order valence-electron chi connectivity index (χ0n) is 22.0. The molecular formula is C32H29ClFN3O3. The molecule has 0 amide bonds. The number of fused-ring (bicyclic) bond motifs is 1. The van der Waals surface area contributed by atoms with Crippen molar-refractivity contribution in [2.75, 3.05) is 6.61 Å². The molecule has 0 spiro atoms. The molecule has 1 heterocycles. The summed E-state index contributed by atoms with van der Waals surface area (Å²) < 4.78 is 27.2. The topological polar surface area (TPSA) is 87.4 Å². The summed E-state index contributed by atoms with van der Waals surface area (Å²) >= 11 is 6.71. The Morgan fingerprint density at radius 2 is 1.95 bits per heavy atom. The number of nitrogens with one attached hydrogen (secondary N) is 1. The average Bonchev–Trinajstić information content (AvgIpc) is 3.39. The SMILES string of the molecule is C[C@H](CO)NCc1cc(Cl)c(O[C@@H]2CCc3c(-c4ccccc4F)cccc32)cc1OCc1cncc(C#N)c1. The van der Waals surface area contributed by atoms with Gasteiger partial charge in [0.05, 0.1) is 17.2 Å². The lowest BCUT2D eigenvalue weighted by Crippen LogP contribution is -2.28. The smallest absolute Gasteiger partial charge is 0.142 e. The van der Waals surface area contributed by atoms with Crippen molar-refractivity contribution in [1.29, 1.82) is 5.26 Å². The number of rotatable bonds is 10. The molecule has 8 heteroatoms. The molecule has 0 unspecified atom stereocenters. The lowest BCUT2D eigenvalue weighted by atomic mass is 9.96. The molecule has 1 aliphatic carbocycles. The van der Waals surface area contributed by atoms with Gasteiger partial charge in [-0.3, -0.25) is 4.98 Å². The number of hydrogen-bond acceptors (Lipinski definition) is 6. The summed E-state index contributed by atoms with van der Waals surface area (Å²) in [6.45, 7) is 2.50. The highest BCUT2D eigenvalue weighted by Crippen LogP contribution is 2.43. The van der Waals surface area contributed by atoms with Crippen LogP contribution >= 0.6 is 11.6 Å². The highest BCUT2D eigenvalue weighted by Gasteiger charge is 2.28. The number of nitriles is 1. The van der Waals surface area contributed by atoms with Crippen LogP contribution in [0.15, 0.2) is 73.1 Å². The van der Waals surface area contributed by atoms with E-state index in [1.807, 2.05) is 31.2 Å². The number of aliphatic hydroxyl groups excluding tert-OH is 1. The number of pyridine rings is 1. The lowest BCUT2D eigenvalue weighted by molar-refractivity contribution is 0.205. The minimum Gasteiger partial charge on any atom is -0.488 e. The molecule has 0 radical (unpaired) electrons. The van der Waals surface area contributed by atoms with Gasteiger partial charge in [-0.1, -0.05) is 48.0 Å². The van der Waals surface area contributed by atoms with Crippen LogP contribution in [0.1, 0.15) is 47.3 Å². The third-order valence-corrected chi connectivity index (χ3v) is 7.29. The van der Waals surface area contributed by atoms with Crippen LogP contribution in [0.4, 0.5) is 4.39 Å². The van der Waals surface area contributed by atoms with Crippen molar-refractivity contribution in [3.63, 3.8) is 0 Å². The second kappa shape index (κ2) is 12.5. The third-order valence-electron chi connectivity index (χ3n) is 7.00. The Hall–Kier alpha value is -3.96. The first-order valence-electron chi connectivity index (χ1n) is 13.1. The van der Waals surface area contributed by atoms with E-state index >= 15 is 0 Å². The molecule has 0 saturated carbocycles. The monoisotopic (exact) mass is 557 g/mol. The van der Waals surface area contributed by atoms with Gasteiger partial charge in [-0.05, 0) is 54.7 Å². The number of aromatic nitrogens is 1. The predicted molar refractivity (Wildman–Crippen MR) is 152 cm³/mol. The zero-order valence-corrected chi connectivity index (χ0v) is 22.8. The van der Waals surface area contributed by atoms with E-state index in [0.717, 1.165) is 40.7 Å². The highest BCUT2D eigenvalue weighted by molar-refractivity contribution is 6.32. The summed E-state index contributed by atoms with van der Waals surface area (Å²) in [6, 6.07) is 20.0. The molecule has 5 rings (SSSR count). The predicted octanol–water partition coefficient (Wildman–Crippen LogP) is 6.53. The molecule has 0 fully saturated rings. The van der Waals surface area contributed by atoms with Gasteiger partial charge in [0, 0.05) is 47.7 Å². The summed E-state index contributed by atoms with van der Waals surface area (Å²) in [4.78, 5) is 4.10. The standard InChI is InChI=1S/C32H29ClFN3O3/c1-20(18-38)37-17-23-12-28(33)32(13-31(23)39-19-22-11-21(14-35)15-36-16-22)40-30-10-9-25-24(6-4-7-27(25)30)26-5-2-3-8-29(26)34/h2-8,11-13,15-16,20,30,37-38H,9-10,17-19H2,1H3/t20-,30-/m1/s1. The maximum atomic E-state index is 14.6. The molecule has 2 N–H and O–H groups in total. The lowest BCUT2D eigenvalue weighted by Gasteiger charge is -2.20. The third kappa shape index (κ3) is 6.10. The quantitative estimate of drug-likeness (QED) is 0.230. The molecule has 2 atom stereocenters. The van der Waals surface area contributed by atoms with E-state index in [9.17, 15) is 14.8 Å². The number of aliphatic hydroxyl groups is 1. The first-order chi connectivity index (χ1) is 19.5. The van der Waals surface area contributed by atoms with Crippen molar-refractivity contribution < 1.29 is 19.0 Å². The number of nitrogens with zero attached hydrogens (tertiary/aromatic N) is 2. The second-order valence-corrected chi connectivity index (χ2v) is 10.2. The molecule has 40 heavy (non-hydrogen) atoms. The van der Waals surface area contributed by atoms with E-state index in [1.54, 1.807) is 36.5 Å². The van der Waals surface area contributed by atoms with Gasteiger partial charge < -0.3 is 19.9 Å². The molecular weight excluding hydrogens is 529 g/mol. The van der Waals surface area contributed by atoms with Crippen LogP contribution < -0.4 is 14.8 Å². The van der Waals surface area contributed by atoms with Crippen molar-refractivity contribution in [3.8, 4) is 28.7 Å². The fourth-order valence-electron chi connectivity index (χ4n) is 4.90. The molecule has 0 aliphatic heterocycles. The van der Waals surface area contributed by atoms with Crippen molar-refractivity contribution in [3.05, 3.63) is 112 Å². The molecule has 0 saturated heterocycles. The number of benzene rings is 3. The average molecular weight is 558 g/mol. The Balaban J connectivity index is 1.42. The first-order valence-corrected chi connectivity index (χ1v) is 13.5. The molecule has 1 aliphatic rings. The van der Waals surface area contributed by atoms with Crippen molar-refractivity contribution in [2.24, 2.45) is 0 Å². The van der Waals surface area contributed by atoms with Crippen LogP contribution in [-0.4, -0.2) is 22.7 Å². The zero-order chi connectivity index (χ0) is 28.1. The Labute approximate surface area is 238 Å². The van der Waals surface area contributed by atoms with Gasteiger partial charge in [0.25, 0.3) is 0 Å². The van der Waals surface area contributed by atoms with E-state index in [-0.39, 0.29) is 31.2 Å². The Morgan fingerprint density at radius 3 is 2.75 bits per heavy atom. The van der Waals surface area contributed by atoms with Crippen molar-refractivity contribution in [2.45, 2.75) is 45.1 Å². The highest BCUT2D eigenvalue weighted by atomic mass is 35.5. The van der Waals surface area contributed by atoms with Crippen LogP contribution in [0.25, 0.3) is 11.1 Å². The summed E-state index contributed by atoms with van der Waals surface area (Å²) in [6.07, 6.45) is 4.40. The largest absolute Gasteiger partial charge is 0.488 e. The van der Waals surface area contributed by atoms with E-state index in [2.05, 4.69) is 16.4 Å². The van der Waals surface area contributed by atoms with Gasteiger partial charge in [-0.15, -0.1) is 0 Å². The molecule has 4 aromatic rings. The Kier molecular flexibility index (Phi) is 8.61. The van der Waals surface area contributed by atoms with E-state index in [4.69, 9.17) is 21.1 Å². The molecule has 0 bridgehead atoms. The summed E-state index contributed by atoms with van der Waals surface area (Å²) in [5.74, 6) is 0.798. The minimum atomic E-state index is -0.250. The second-order valence-electron chi connectivity index (χ2n) is 9.84. The Bertz CT molecular complexity index is 1560. The van der Waals surface area contributed by atoms with Gasteiger partial charge >= 0.3 is 0 Å². The molecule has 3 aromatic carbocycles. The minimum absolute atomic E-state index is 0.00625. The van der Waals surface area contributed by atoms with Gasteiger partial charge in [0.15, 0.2) is 0 Å².